The first-order chi connectivity index (χ1) is 9.81. The maximum atomic E-state index is 5.49. The molecule has 4 heteroatoms. The molecule has 122 valence electrons. The number of aromatic nitrogens is 1. The summed E-state index contributed by atoms with van der Waals surface area (Å²) in [5, 5.41) is 7.60. The van der Waals surface area contributed by atoms with E-state index in [0.717, 1.165) is 31.1 Å². The van der Waals surface area contributed by atoms with E-state index in [1.165, 1.54) is 19.3 Å². The van der Waals surface area contributed by atoms with Crippen molar-refractivity contribution in [2.75, 3.05) is 6.54 Å². The van der Waals surface area contributed by atoms with Crippen molar-refractivity contribution in [3.63, 3.8) is 0 Å². The minimum atomic E-state index is 0.100. The number of nitrogens with zero attached hydrogens (tertiary/aromatic N) is 2. The molecule has 0 aliphatic heterocycles. The van der Waals surface area contributed by atoms with Gasteiger partial charge in [0.2, 0.25) is 0 Å². The van der Waals surface area contributed by atoms with Crippen LogP contribution in [0.3, 0.4) is 0 Å². The first-order valence-electron chi connectivity index (χ1n) is 8.25. The van der Waals surface area contributed by atoms with Gasteiger partial charge in [0.25, 0.3) is 0 Å². The van der Waals surface area contributed by atoms with Crippen LogP contribution in [0.25, 0.3) is 0 Å². The maximum absolute atomic E-state index is 5.49. The molecule has 0 saturated carbocycles. The second kappa shape index (κ2) is 8.54. The van der Waals surface area contributed by atoms with E-state index in [9.17, 15) is 0 Å². The molecular formula is C17H33N3O. The topological polar surface area (TPSA) is 41.3 Å². The zero-order chi connectivity index (χ0) is 15.9. The van der Waals surface area contributed by atoms with Crippen LogP contribution < -0.4 is 5.32 Å². The van der Waals surface area contributed by atoms with Crippen molar-refractivity contribution in [3.05, 3.63) is 17.5 Å². The highest BCUT2D eigenvalue weighted by atomic mass is 16.5. The third-order valence-electron chi connectivity index (χ3n) is 3.55. The number of unbranched alkanes of at least 4 members (excludes halogenated alkanes) is 2. The van der Waals surface area contributed by atoms with E-state index >= 15 is 0 Å². The van der Waals surface area contributed by atoms with Crippen LogP contribution in [0.4, 0.5) is 0 Å². The standard InChI is InChI=1S/C17H33N3O/c1-7-8-9-10-20(14(2)3)13-16-11-15(19-21-16)12-18-17(4,5)6/h11,14,18H,7-10,12-13H2,1-6H3. The zero-order valence-electron chi connectivity index (χ0n) is 14.7. The fraction of sp³-hybridized carbons (Fsp3) is 0.824. The number of nitrogens with one attached hydrogen (secondary N) is 1. The van der Waals surface area contributed by atoms with Crippen LogP contribution in [0.15, 0.2) is 10.6 Å². The van der Waals surface area contributed by atoms with Gasteiger partial charge in [0.05, 0.1) is 12.2 Å². The molecule has 21 heavy (non-hydrogen) atoms. The second-order valence-corrected chi connectivity index (χ2v) is 7.16. The van der Waals surface area contributed by atoms with Gasteiger partial charge in [0.1, 0.15) is 0 Å². The Labute approximate surface area is 130 Å². The molecule has 0 amide bonds. The lowest BCUT2D eigenvalue weighted by molar-refractivity contribution is 0.185. The van der Waals surface area contributed by atoms with Crippen LogP contribution >= 0.6 is 0 Å². The molecule has 0 aromatic carbocycles. The predicted octanol–water partition coefficient (Wildman–Crippen LogP) is 3.96. The molecule has 0 radical (unpaired) electrons. The fourth-order valence-electron chi connectivity index (χ4n) is 2.15. The Balaban J connectivity index is 2.50. The Bertz CT molecular complexity index is 393. The molecule has 0 unspecified atom stereocenters. The van der Waals surface area contributed by atoms with E-state index in [-0.39, 0.29) is 5.54 Å². The van der Waals surface area contributed by atoms with Crippen molar-refractivity contribution in [1.82, 2.24) is 15.4 Å². The van der Waals surface area contributed by atoms with Gasteiger partial charge < -0.3 is 9.84 Å². The Morgan fingerprint density at radius 3 is 2.57 bits per heavy atom. The number of hydrogen-bond donors (Lipinski definition) is 1. The van der Waals surface area contributed by atoms with E-state index in [1.54, 1.807) is 0 Å². The van der Waals surface area contributed by atoms with Crippen molar-refractivity contribution in [2.24, 2.45) is 0 Å². The summed E-state index contributed by atoms with van der Waals surface area (Å²) < 4.78 is 5.49. The van der Waals surface area contributed by atoms with Gasteiger partial charge in [-0.25, -0.2) is 0 Å². The minimum Gasteiger partial charge on any atom is -0.360 e. The molecule has 1 rings (SSSR count). The molecule has 0 saturated heterocycles. The third kappa shape index (κ3) is 7.63. The van der Waals surface area contributed by atoms with Crippen molar-refractivity contribution in [3.8, 4) is 0 Å². The fourth-order valence-corrected chi connectivity index (χ4v) is 2.15. The third-order valence-corrected chi connectivity index (χ3v) is 3.55. The van der Waals surface area contributed by atoms with Gasteiger partial charge in [-0.3, -0.25) is 4.90 Å². The molecule has 1 N–H and O–H groups in total. The van der Waals surface area contributed by atoms with Crippen LogP contribution in [0.5, 0.6) is 0 Å². The Morgan fingerprint density at radius 2 is 2.00 bits per heavy atom. The van der Waals surface area contributed by atoms with Crippen molar-refractivity contribution in [1.29, 1.82) is 0 Å². The summed E-state index contributed by atoms with van der Waals surface area (Å²) in [5.74, 6) is 0.964. The SMILES string of the molecule is CCCCCN(Cc1cc(CNC(C)(C)C)no1)C(C)C. The first kappa shape index (κ1) is 18.2. The van der Waals surface area contributed by atoms with Crippen LogP contribution in [-0.4, -0.2) is 28.2 Å². The quantitative estimate of drug-likeness (QED) is 0.700. The zero-order valence-corrected chi connectivity index (χ0v) is 14.7. The molecule has 0 atom stereocenters. The van der Waals surface area contributed by atoms with Crippen molar-refractivity contribution >= 4 is 0 Å². The molecule has 0 spiro atoms. The average Bonchev–Trinajstić information content (AvgIpc) is 2.82. The van der Waals surface area contributed by atoms with E-state index in [1.807, 2.05) is 0 Å². The van der Waals surface area contributed by atoms with E-state index in [2.05, 4.69) is 63.0 Å². The summed E-state index contributed by atoms with van der Waals surface area (Å²) in [5.41, 5.74) is 1.08. The van der Waals surface area contributed by atoms with Crippen LogP contribution in [0.2, 0.25) is 0 Å². The monoisotopic (exact) mass is 295 g/mol. The summed E-state index contributed by atoms with van der Waals surface area (Å²) in [4.78, 5) is 2.46. The van der Waals surface area contributed by atoms with Crippen LogP contribution in [0.1, 0.15) is 72.3 Å². The normalized spacial score (nSPS) is 12.6. The lowest BCUT2D eigenvalue weighted by Crippen LogP contribution is -2.35. The highest BCUT2D eigenvalue weighted by Crippen LogP contribution is 2.12. The van der Waals surface area contributed by atoms with Gasteiger partial charge in [-0.1, -0.05) is 24.9 Å². The average molecular weight is 295 g/mol. The molecule has 0 bridgehead atoms. The first-order valence-corrected chi connectivity index (χ1v) is 8.25. The second-order valence-electron chi connectivity index (χ2n) is 7.16. The van der Waals surface area contributed by atoms with Gasteiger partial charge in [-0.15, -0.1) is 0 Å². The molecule has 1 aromatic rings. The van der Waals surface area contributed by atoms with Crippen LogP contribution in [0, 0.1) is 0 Å². The molecule has 1 heterocycles. The number of hydrogen-bond acceptors (Lipinski definition) is 4. The summed E-state index contributed by atoms with van der Waals surface area (Å²) in [6, 6.07) is 2.61. The summed E-state index contributed by atoms with van der Waals surface area (Å²) in [6.45, 7) is 15.9. The van der Waals surface area contributed by atoms with E-state index in [4.69, 9.17) is 4.52 Å². The summed E-state index contributed by atoms with van der Waals surface area (Å²) >= 11 is 0. The van der Waals surface area contributed by atoms with E-state index < -0.39 is 0 Å². The highest BCUT2D eigenvalue weighted by Gasteiger charge is 2.14. The maximum Gasteiger partial charge on any atom is 0.151 e. The largest absolute Gasteiger partial charge is 0.360 e. The van der Waals surface area contributed by atoms with E-state index in [0.29, 0.717) is 6.04 Å². The predicted molar refractivity (Wildman–Crippen MR) is 88.2 cm³/mol. The smallest absolute Gasteiger partial charge is 0.151 e. The van der Waals surface area contributed by atoms with Gasteiger partial charge in [0.15, 0.2) is 5.76 Å². The van der Waals surface area contributed by atoms with Crippen molar-refractivity contribution in [2.45, 2.75) is 85.5 Å². The Kier molecular flexibility index (Phi) is 7.40. The Hall–Kier alpha value is -0.870. The van der Waals surface area contributed by atoms with Gasteiger partial charge >= 0.3 is 0 Å². The molecule has 0 aliphatic rings. The van der Waals surface area contributed by atoms with Gasteiger partial charge in [-0.2, -0.15) is 0 Å². The molecule has 1 aromatic heterocycles. The number of rotatable bonds is 9. The summed E-state index contributed by atoms with van der Waals surface area (Å²) in [7, 11) is 0. The highest BCUT2D eigenvalue weighted by molar-refractivity contribution is 5.05. The minimum absolute atomic E-state index is 0.100. The molecule has 4 nitrogen and oxygen atoms in total. The molecular weight excluding hydrogens is 262 g/mol. The van der Waals surface area contributed by atoms with Gasteiger partial charge in [0, 0.05) is 24.2 Å². The lowest BCUT2D eigenvalue weighted by atomic mass is 10.1. The molecule has 0 aliphatic carbocycles. The lowest BCUT2D eigenvalue weighted by Gasteiger charge is -2.25. The van der Waals surface area contributed by atoms with Gasteiger partial charge in [-0.05, 0) is 47.6 Å². The van der Waals surface area contributed by atoms with Crippen LogP contribution in [-0.2, 0) is 13.1 Å². The van der Waals surface area contributed by atoms with Crippen molar-refractivity contribution < 1.29 is 4.52 Å². The summed E-state index contributed by atoms with van der Waals surface area (Å²) in [6.07, 6.45) is 3.80. The molecule has 0 fully saturated rings. The Morgan fingerprint density at radius 1 is 1.29 bits per heavy atom.